The summed E-state index contributed by atoms with van der Waals surface area (Å²) in [5.41, 5.74) is 4.44. The molecule has 0 amide bonds. The van der Waals surface area contributed by atoms with Crippen LogP contribution in [0, 0.1) is 5.41 Å². The first-order chi connectivity index (χ1) is 17.7. The number of allylic oxidation sites excluding steroid dienone is 1. The smallest absolute Gasteiger partial charge is 0.0651 e. The molecule has 0 unspecified atom stereocenters. The Hall–Kier alpha value is -1.08. The van der Waals surface area contributed by atoms with Crippen LogP contribution in [0.1, 0.15) is 159 Å². The Morgan fingerprint density at radius 2 is 1.36 bits per heavy atom. The molecule has 0 aliphatic heterocycles. The van der Waals surface area contributed by atoms with Crippen LogP contribution in [0.25, 0.3) is 0 Å². The maximum absolute atomic E-state index is 6.17. The molecule has 1 aromatic carbocycles. The molecule has 2 bridgehead atoms. The van der Waals surface area contributed by atoms with Gasteiger partial charge in [-0.3, -0.25) is 0 Å². The highest BCUT2D eigenvalue weighted by molar-refractivity contribution is 5.33. The highest BCUT2D eigenvalue weighted by atomic mass is 16.5. The number of hydrogen-bond acceptors (Lipinski definition) is 1. The van der Waals surface area contributed by atoms with Crippen molar-refractivity contribution in [1.82, 2.24) is 0 Å². The second-order valence-electron chi connectivity index (χ2n) is 12.8. The molecule has 5 rings (SSSR count). The van der Waals surface area contributed by atoms with Crippen molar-refractivity contribution in [3.05, 3.63) is 47.5 Å². The molecule has 4 aliphatic carbocycles. The molecule has 0 radical (unpaired) electrons. The Labute approximate surface area is 223 Å². The van der Waals surface area contributed by atoms with Crippen molar-refractivity contribution < 1.29 is 4.74 Å². The second-order valence-corrected chi connectivity index (χ2v) is 12.8. The fraction of sp³-hybridized carbons (Fsp3) is 0.771. The molecule has 0 aromatic heterocycles. The number of hydrogen-bond donors (Lipinski definition) is 0. The van der Waals surface area contributed by atoms with Crippen molar-refractivity contribution in [1.29, 1.82) is 0 Å². The zero-order valence-corrected chi connectivity index (χ0v) is 23.9. The van der Waals surface area contributed by atoms with Crippen LogP contribution in [0.4, 0.5) is 0 Å². The van der Waals surface area contributed by atoms with Gasteiger partial charge in [0, 0.05) is 0 Å². The number of unbranched alkanes of at least 4 members (excludes halogenated alkanes) is 7. The first-order valence-corrected chi connectivity index (χ1v) is 16.1. The third-order valence-corrected chi connectivity index (χ3v) is 10.5. The van der Waals surface area contributed by atoms with Crippen molar-refractivity contribution in [2.24, 2.45) is 5.41 Å². The Bertz CT molecular complexity index is 742. The van der Waals surface area contributed by atoms with Gasteiger partial charge in [0.05, 0.1) is 12.7 Å². The maximum Gasteiger partial charge on any atom is 0.0651 e. The van der Waals surface area contributed by atoms with Crippen LogP contribution in [0.5, 0.6) is 0 Å². The van der Waals surface area contributed by atoms with Gasteiger partial charge < -0.3 is 4.74 Å². The van der Waals surface area contributed by atoms with Crippen LogP contribution >= 0.6 is 0 Å². The lowest BCUT2D eigenvalue weighted by Gasteiger charge is -2.54. The SMILES string of the molecule is CCCCCC=CCO[C@H]1CC[C@H](c2ccc(C34CCC(CCCCCCC)(CC3)CC4)cc2)CC1. The van der Waals surface area contributed by atoms with Crippen LogP contribution < -0.4 is 0 Å². The molecule has 202 valence electrons. The van der Waals surface area contributed by atoms with Crippen LogP contribution in [-0.4, -0.2) is 12.7 Å². The molecular weight excluding hydrogens is 436 g/mol. The summed E-state index contributed by atoms with van der Waals surface area (Å²) in [6.45, 7) is 5.39. The number of ether oxygens (including phenoxy) is 1. The summed E-state index contributed by atoms with van der Waals surface area (Å²) in [5.74, 6) is 0.735. The van der Waals surface area contributed by atoms with Crippen molar-refractivity contribution >= 4 is 0 Å². The average molecular weight is 493 g/mol. The molecule has 1 nitrogen and oxygen atoms in total. The third-order valence-electron chi connectivity index (χ3n) is 10.5. The molecule has 0 atom stereocenters. The Morgan fingerprint density at radius 3 is 2.03 bits per heavy atom. The zero-order chi connectivity index (χ0) is 25.1. The number of benzene rings is 1. The Kier molecular flexibility index (Phi) is 11.0. The highest BCUT2D eigenvalue weighted by Gasteiger charge is 2.48. The lowest BCUT2D eigenvalue weighted by molar-refractivity contribution is 0.0304. The molecular formula is C35H56O. The van der Waals surface area contributed by atoms with Gasteiger partial charge in [0.2, 0.25) is 0 Å². The van der Waals surface area contributed by atoms with E-state index in [0.29, 0.717) is 16.9 Å². The van der Waals surface area contributed by atoms with Crippen LogP contribution in [0.15, 0.2) is 36.4 Å². The summed E-state index contributed by atoms with van der Waals surface area (Å²) in [6.07, 6.45) is 32.7. The Morgan fingerprint density at radius 1 is 0.722 bits per heavy atom. The molecule has 36 heavy (non-hydrogen) atoms. The molecule has 0 N–H and O–H groups in total. The zero-order valence-electron chi connectivity index (χ0n) is 23.9. The van der Waals surface area contributed by atoms with Crippen molar-refractivity contribution in [2.45, 2.75) is 160 Å². The van der Waals surface area contributed by atoms with Gasteiger partial charge >= 0.3 is 0 Å². The molecule has 0 saturated heterocycles. The molecule has 4 saturated carbocycles. The lowest BCUT2D eigenvalue weighted by Crippen LogP contribution is -2.44. The average Bonchev–Trinajstić information content (AvgIpc) is 2.94. The van der Waals surface area contributed by atoms with E-state index in [2.05, 4.69) is 50.3 Å². The van der Waals surface area contributed by atoms with Crippen LogP contribution in [-0.2, 0) is 10.2 Å². The summed E-state index contributed by atoms with van der Waals surface area (Å²) in [6, 6.07) is 10.1. The second kappa shape index (κ2) is 14.2. The maximum atomic E-state index is 6.17. The van der Waals surface area contributed by atoms with Crippen LogP contribution in [0.2, 0.25) is 0 Å². The normalized spacial score (nSPS) is 30.3. The third kappa shape index (κ3) is 7.49. The van der Waals surface area contributed by atoms with E-state index < -0.39 is 0 Å². The Balaban J connectivity index is 1.18. The summed E-state index contributed by atoms with van der Waals surface area (Å²) in [4.78, 5) is 0. The number of rotatable bonds is 15. The monoisotopic (exact) mass is 492 g/mol. The topological polar surface area (TPSA) is 9.23 Å². The van der Waals surface area contributed by atoms with Gasteiger partial charge in [-0.05, 0) is 111 Å². The van der Waals surface area contributed by atoms with Gasteiger partial charge in [0.15, 0.2) is 0 Å². The van der Waals surface area contributed by atoms with Gasteiger partial charge in [-0.2, -0.15) is 0 Å². The van der Waals surface area contributed by atoms with Gasteiger partial charge in [0.25, 0.3) is 0 Å². The highest BCUT2D eigenvalue weighted by Crippen LogP contribution is 2.59. The summed E-state index contributed by atoms with van der Waals surface area (Å²) in [5, 5.41) is 0. The fourth-order valence-electron chi connectivity index (χ4n) is 7.74. The van der Waals surface area contributed by atoms with E-state index >= 15 is 0 Å². The van der Waals surface area contributed by atoms with E-state index in [-0.39, 0.29) is 0 Å². The quantitative estimate of drug-likeness (QED) is 0.175. The first-order valence-electron chi connectivity index (χ1n) is 16.1. The number of fused-ring (bicyclic) bond motifs is 3. The van der Waals surface area contributed by atoms with Gasteiger partial charge in [-0.25, -0.2) is 0 Å². The summed E-state index contributed by atoms with van der Waals surface area (Å²) < 4.78 is 6.17. The van der Waals surface area contributed by atoms with Gasteiger partial charge in [-0.15, -0.1) is 0 Å². The minimum Gasteiger partial charge on any atom is -0.374 e. The van der Waals surface area contributed by atoms with E-state index in [9.17, 15) is 0 Å². The molecule has 1 heteroatoms. The predicted molar refractivity (Wildman–Crippen MR) is 156 cm³/mol. The van der Waals surface area contributed by atoms with E-state index in [1.54, 1.807) is 11.1 Å². The van der Waals surface area contributed by atoms with E-state index in [0.717, 1.165) is 12.5 Å². The standard InChI is InChI=1S/C35H56O/c1-3-5-7-9-11-13-29-36-33-20-16-31(17-21-33)30-14-18-32(19-15-30)35-26-23-34(24-27-35,25-28-35)22-12-10-8-6-4-2/h11,13-15,18-19,31,33H,3-10,12,16-17,20-29H2,1-2H3/t31-,33-,34?,35?. The fourth-order valence-corrected chi connectivity index (χ4v) is 7.74. The molecule has 4 aliphatic rings. The van der Waals surface area contributed by atoms with E-state index in [1.807, 2.05) is 0 Å². The predicted octanol–water partition coefficient (Wildman–Crippen LogP) is 10.8. The largest absolute Gasteiger partial charge is 0.374 e. The van der Waals surface area contributed by atoms with Gasteiger partial charge in [0.1, 0.15) is 0 Å². The van der Waals surface area contributed by atoms with Crippen molar-refractivity contribution in [3.8, 4) is 0 Å². The van der Waals surface area contributed by atoms with E-state index in [4.69, 9.17) is 4.74 Å². The van der Waals surface area contributed by atoms with E-state index in [1.165, 1.54) is 128 Å². The van der Waals surface area contributed by atoms with Crippen molar-refractivity contribution in [2.75, 3.05) is 6.61 Å². The lowest BCUT2D eigenvalue weighted by atomic mass is 9.51. The molecule has 1 aromatic rings. The molecule has 4 fully saturated rings. The van der Waals surface area contributed by atoms with Crippen molar-refractivity contribution in [3.63, 3.8) is 0 Å². The first kappa shape index (κ1) is 27.9. The minimum absolute atomic E-state index is 0.469. The van der Waals surface area contributed by atoms with Crippen LogP contribution in [0.3, 0.4) is 0 Å². The molecule has 0 spiro atoms. The minimum atomic E-state index is 0.469. The summed E-state index contributed by atoms with van der Waals surface area (Å²) >= 11 is 0. The summed E-state index contributed by atoms with van der Waals surface area (Å²) in [7, 11) is 0. The van der Waals surface area contributed by atoms with Gasteiger partial charge in [-0.1, -0.05) is 95.2 Å². The molecule has 0 heterocycles.